The Hall–Kier alpha value is -1.79. The molecule has 0 aromatic heterocycles. The lowest BCUT2D eigenvalue weighted by Crippen LogP contribution is -2.45. The zero-order chi connectivity index (χ0) is 17.1. The van der Waals surface area contributed by atoms with Crippen LogP contribution in [-0.2, 0) is 14.2 Å². The maximum Gasteiger partial charge on any atom is 0.412 e. The summed E-state index contributed by atoms with van der Waals surface area (Å²) >= 11 is 0. The highest BCUT2D eigenvalue weighted by atomic mass is 16.7. The molecule has 128 valence electrons. The van der Waals surface area contributed by atoms with E-state index in [-0.39, 0.29) is 6.04 Å². The van der Waals surface area contributed by atoms with E-state index in [2.05, 4.69) is 10.6 Å². The molecule has 0 radical (unpaired) electrons. The summed E-state index contributed by atoms with van der Waals surface area (Å²) < 4.78 is 16.5. The molecule has 0 spiro atoms. The second-order valence-corrected chi connectivity index (χ2v) is 7.07. The molecule has 2 N–H and O–H groups in total. The van der Waals surface area contributed by atoms with Crippen molar-refractivity contribution in [1.82, 2.24) is 0 Å². The molecule has 0 unspecified atom stereocenters. The fourth-order valence-corrected chi connectivity index (χ4v) is 2.12. The average Bonchev–Trinajstić information content (AvgIpc) is 2.39. The van der Waals surface area contributed by atoms with Crippen molar-refractivity contribution in [3.05, 3.63) is 24.3 Å². The van der Waals surface area contributed by atoms with Gasteiger partial charge in [0.25, 0.3) is 0 Å². The molecule has 0 saturated carbocycles. The van der Waals surface area contributed by atoms with E-state index in [9.17, 15) is 4.79 Å². The van der Waals surface area contributed by atoms with Gasteiger partial charge in [-0.2, -0.15) is 0 Å². The highest BCUT2D eigenvalue weighted by molar-refractivity contribution is 5.85. The lowest BCUT2D eigenvalue weighted by Gasteiger charge is -2.35. The van der Waals surface area contributed by atoms with Gasteiger partial charge in [0.2, 0.25) is 0 Å². The van der Waals surface area contributed by atoms with Crippen molar-refractivity contribution in [2.75, 3.05) is 23.8 Å². The van der Waals surface area contributed by atoms with E-state index in [0.717, 1.165) is 5.69 Å². The summed E-state index contributed by atoms with van der Waals surface area (Å²) in [4.78, 5) is 11.8. The maximum atomic E-state index is 11.8. The van der Waals surface area contributed by atoms with Gasteiger partial charge < -0.3 is 19.5 Å². The van der Waals surface area contributed by atoms with Crippen LogP contribution in [0.15, 0.2) is 24.3 Å². The van der Waals surface area contributed by atoms with Crippen molar-refractivity contribution in [1.29, 1.82) is 0 Å². The lowest BCUT2D eigenvalue weighted by molar-refractivity contribution is -0.247. The molecule has 6 nitrogen and oxygen atoms in total. The van der Waals surface area contributed by atoms with Gasteiger partial charge in [0, 0.05) is 11.4 Å². The summed E-state index contributed by atoms with van der Waals surface area (Å²) in [6.45, 7) is 10.4. The summed E-state index contributed by atoms with van der Waals surface area (Å²) in [5, 5.41) is 6.06. The van der Waals surface area contributed by atoms with E-state index in [0.29, 0.717) is 18.9 Å². The van der Waals surface area contributed by atoms with Crippen LogP contribution in [-0.4, -0.2) is 36.7 Å². The van der Waals surface area contributed by atoms with Gasteiger partial charge in [-0.25, -0.2) is 4.79 Å². The molecule has 1 fully saturated rings. The third-order valence-electron chi connectivity index (χ3n) is 3.14. The average molecular weight is 322 g/mol. The van der Waals surface area contributed by atoms with Crippen molar-refractivity contribution >= 4 is 17.5 Å². The van der Waals surface area contributed by atoms with E-state index in [4.69, 9.17) is 14.2 Å². The second-order valence-electron chi connectivity index (χ2n) is 7.07. The Morgan fingerprint density at radius 3 is 2.43 bits per heavy atom. The predicted octanol–water partition coefficient (Wildman–Crippen LogP) is 3.60. The molecular weight excluding hydrogens is 296 g/mol. The van der Waals surface area contributed by atoms with Crippen LogP contribution in [0.2, 0.25) is 0 Å². The van der Waals surface area contributed by atoms with Crippen LogP contribution < -0.4 is 10.6 Å². The van der Waals surface area contributed by atoms with Crippen molar-refractivity contribution < 1.29 is 19.0 Å². The number of nitrogens with one attached hydrogen (secondary N) is 2. The smallest absolute Gasteiger partial charge is 0.412 e. The fraction of sp³-hybridized carbons (Fsp3) is 0.588. The van der Waals surface area contributed by atoms with Crippen LogP contribution in [0.25, 0.3) is 0 Å². The largest absolute Gasteiger partial charge is 0.444 e. The van der Waals surface area contributed by atoms with Gasteiger partial charge in [-0.3, -0.25) is 5.32 Å². The van der Waals surface area contributed by atoms with Crippen LogP contribution in [0.5, 0.6) is 0 Å². The maximum absolute atomic E-state index is 11.8. The van der Waals surface area contributed by atoms with E-state index >= 15 is 0 Å². The van der Waals surface area contributed by atoms with Crippen molar-refractivity contribution in [2.45, 2.75) is 52.0 Å². The molecule has 6 heteroatoms. The summed E-state index contributed by atoms with van der Waals surface area (Å²) in [7, 11) is 0. The number of anilines is 2. The first-order valence-corrected chi connectivity index (χ1v) is 7.77. The predicted molar refractivity (Wildman–Crippen MR) is 89.7 cm³/mol. The highest BCUT2D eigenvalue weighted by Crippen LogP contribution is 2.21. The van der Waals surface area contributed by atoms with Crippen LogP contribution in [0, 0.1) is 0 Å². The van der Waals surface area contributed by atoms with Crippen LogP contribution in [0.1, 0.15) is 34.6 Å². The number of benzene rings is 1. The topological polar surface area (TPSA) is 68.8 Å². The lowest BCUT2D eigenvalue weighted by atomic mass is 10.2. The Kier molecular flexibility index (Phi) is 5.16. The van der Waals surface area contributed by atoms with Crippen LogP contribution in [0.4, 0.5) is 16.2 Å². The molecule has 1 aromatic carbocycles. The third-order valence-corrected chi connectivity index (χ3v) is 3.14. The third kappa shape index (κ3) is 6.08. The Balaban J connectivity index is 1.91. The molecule has 1 amide bonds. The molecule has 1 aliphatic rings. The number of carbonyl (C=O) groups excluding carboxylic acids is 1. The van der Waals surface area contributed by atoms with Gasteiger partial charge in [-0.05, 0) is 52.8 Å². The zero-order valence-corrected chi connectivity index (χ0v) is 14.4. The molecule has 0 atom stereocenters. The van der Waals surface area contributed by atoms with E-state index in [1.54, 1.807) is 0 Å². The van der Waals surface area contributed by atoms with E-state index < -0.39 is 17.5 Å². The highest BCUT2D eigenvalue weighted by Gasteiger charge is 2.28. The van der Waals surface area contributed by atoms with Gasteiger partial charge in [0.15, 0.2) is 5.79 Å². The quantitative estimate of drug-likeness (QED) is 0.890. The Morgan fingerprint density at radius 2 is 1.83 bits per heavy atom. The molecular formula is C17H26N2O4. The van der Waals surface area contributed by atoms with Crippen molar-refractivity contribution in [3.63, 3.8) is 0 Å². The van der Waals surface area contributed by atoms with Gasteiger partial charge in [0.05, 0.1) is 19.3 Å². The zero-order valence-electron chi connectivity index (χ0n) is 14.4. The van der Waals surface area contributed by atoms with Gasteiger partial charge in [0.1, 0.15) is 5.60 Å². The van der Waals surface area contributed by atoms with Crippen molar-refractivity contribution in [2.24, 2.45) is 0 Å². The molecule has 1 aromatic rings. The summed E-state index contributed by atoms with van der Waals surface area (Å²) in [5.74, 6) is -0.529. The van der Waals surface area contributed by atoms with Crippen LogP contribution in [0.3, 0.4) is 0 Å². The minimum absolute atomic E-state index is 0.0693. The van der Waals surface area contributed by atoms with E-state index in [1.165, 1.54) is 0 Å². The second kappa shape index (κ2) is 6.76. The van der Waals surface area contributed by atoms with Gasteiger partial charge in [-0.15, -0.1) is 0 Å². The fourth-order valence-electron chi connectivity index (χ4n) is 2.12. The number of amides is 1. The molecule has 1 aliphatic heterocycles. The monoisotopic (exact) mass is 322 g/mol. The Morgan fingerprint density at radius 1 is 1.22 bits per heavy atom. The molecule has 23 heavy (non-hydrogen) atoms. The summed E-state index contributed by atoms with van der Waals surface area (Å²) in [6, 6.07) is 7.53. The van der Waals surface area contributed by atoms with Gasteiger partial charge in [-0.1, -0.05) is 6.07 Å². The summed E-state index contributed by atoms with van der Waals surface area (Å²) in [5.41, 5.74) is 1.03. The number of rotatable bonds is 3. The number of hydrogen-bond donors (Lipinski definition) is 2. The summed E-state index contributed by atoms with van der Waals surface area (Å²) in [6.07, 6.45) is -0.472. The minimum Gasteiger partial charge on any atom is -0.444 e. The first kappa shape index (κ1) is 17.6. The Bertz CT molecular complexity index is 542. The van der Waals surface area contributed by atoms with E-state index in [1.807, 2.05) is 58.9 Å². The first-order valence-electron chi connectivity index (χ1n) is 7.77. The number of carbonyl (C=O) groups is 1. The van der Waals surface area contributed by atoms with Gasteiger partial charge >= 0.3 is 6.09 Å². The Labute approximate surface area is 137 Å². The minimum atomic E-state index is -0.529. The van der Waals surface area contributed by atoms with Crippen LogP contribution >= 0.6 is 0 Å². The molecule has 2 rings (SSSR count). The molecule has 1 heterocycles. The standard InChI is InChI=1S/C17H26N2O4/c1-16(2,3)23-15(20)19-13-8-6-7-12(9-13)18-14-10-21-17(4,5)22-11-14/h6-9,14,18H,10-11H2,1-5H3,(H,19,20). The number of ether oxygens (including phenoxy) is 3. The normalized spacial score (nSPS) is 18.3. The first-order chi connectivity index (χ1) is 10.6. The SMILES string of the molecule is CC(C)(C)OC(=O)Nc1cccc(NC2COC(C)(C)OC2)c1. The molecule has 0 bridgehead atoms. The molecule has 0 aliphatic carbocycles. The van der Waals surface area contributed by atoms with Crippen molar-refractivity contribution in [3.8, 4) is 0 Å². The number of hydrogen-bond acceptors (Lipinski definition) is 5. The molecule has 1 saturated heterocycles.